The molecule has 1 saturated heterocycles. The molecule has 9 heteroatoms. The first kappa shape index (κ1) is 15.8. The van der Waals surface area contributed by atoms with Crippen LogP contribution < -0.4 is 9.80 Å². The largest absolute Gasteiger partial charge is 0.352 e. The minimum Gasteiger partial charge on any atom is -0.352 e. The summed E-state index contributed by atoms with van der Waals surface area (Å²) in [6.07, 6.45) is 1.03. The van der Waals surface area contributed by atoms with Crippen molar-refractivity contribution in [3.63, 3.8) is 0 Å². The van der Waals surface area contributed by atoms with E-state index in [0.717, 1.165) is 59.8 Å². The maximum atomic E-state index is 4.65. The van der Waals surface area contributed by atoms with E-state index >= 15 is 0 Å². The molecule has 0 saturated carbocycles. The summed E-state index contributed by atoms with van der Waals surface area (Å²) in [5.41, 5.74) is 3.28. The molecule has 2 aliphatic heterocycles. The summed E-state index contributed by atoms with van der Waals surface area (Å²) in [4.78, 5) is 4.51. The number of hydrogen-bond acceptors (Lipinski definition) is 8. The molecule has 26 heavy (non-hydrogen) atoms. The second-order valence-electron chi connectivity index (χ2n) is 6.86. The van der Waals surface area contributed by atoms with Gasteiger partial charge in [-0.05, 0) is 36.4 Å². The first-order valence-electron chi connectivity index (χ1n) is 8.79. The van der Waals surface area contributed by atoms with Crippen molar-refractivity contribution < 1.29 is 0 Å². The van der Waals surface area contributed by atoms with Crippen molar-refractivity contribution in [2.75, 3.05) is 35.7 Å². The first-order valence-corrected chi connectivity index (χ1v) is 9.94. The Hall–Kier alpha value is -2.42. The number of rotatable bonds is 3. The van der Waals surface area contributed by atoms with E-state index in [4.69, 9.17) is 0 Å². The van der Waals surface area contributed by atoms with Crippen LogP contribution >= 0.6 is 11.8 Å². The second kappa shape index (κ2) is 6.08. The molecule has 0 aliphatic carbocycles. The first-order chi connectivity index (χ1) is 12.7. The summed E-state index contributed by atoms with van der Waals surface area (Å²) in [6, 6.07) is 6.60. The van der Waals surface area contributed by atoms with Gasteiger partial charge in [-0.15, -0.1) is 20.4 Å². The van der Waals surface area contributed by atoms with Gasteiger partial charge in [-0.3, -0.25) is 0 Å². The van der Waals surface area contributed by atoms with E-state index in [1.54, 1.807) is 4.52 Å². The molecule has 3 aromatic rings. The number of thioether (sulfide) groups is 1. The molecule has 0 radical (unpaired) electrons. The van der Waals surface area contributed by atoms with Gasteiger partial charge in [0, 0.05) is 32.3 Å². The Bertz CT molecular complexity index is 965. The van der Waals surface area contributed by atoms with Crippen molar-refractivity contribution >= 4 is 29.0 Å². The SMILES string of the molecule is Cc1nnc2ccc(N3CC(N(C)c4cc5c(nn4)CCSC5)C3)nn12. The third-order valence-electron chi connectivity index (χ3n) is 5.19. The summed E-state index contributed by atoms with van der Waals surface area (Å²) in [5, 5.41) is 21.7. The Morgan fingerprint density at radius 3 is 2.92 bits per heavy atom. The standard InChI is InChI=1S/C17H20N8S/c1-11-18-20-15-3-4-16(22-25(11)15)24-8-13(9-24)23(2)17-7-12-10-26-6-5-14(12)19-21-17/h3-4,7,13H,5-6,8-10H2,1-2H3. The van der Waals surface area contributed by atoms with Crippen LogP contribution in [0.1, 0.15) is 17.1 Å². The van der Waals surface area contributed by atoms with Crippen LogP contribution in [0.3, 0.4) is 0 Å². The van der Waals surface area contributed by atoms with Crippen LogP contribution in [0.2, 0.25) is 0 Å². The highest BCUT2D eigenvalue weighted by atomic mass is 32.2. The van der Waals surface area contributed by atoms with Crippen LogP contribution in [0.5, 0.6) is 0 Å². The normalized spacial score (nSPS) is 17.2. The average Bonchev–Trinajstić information content (AvgIpc) is 3.01. The maximum absolute atomic E-state index is 4.65. The Morgan fingerprint density at radius 1 is 1.15 bits per heavy atom. The van der Waals surface area contributed by atoms with E-state index in [0.29, 0.717) is 6.04 Å². The number of nitrogens with zero attached hydrogens (tertiary/aromatic N) is 8. The molecule has 0 spiro atoms. The average molecular weight is 368 g/mol. The highest BCUT2D eigenvalue weighted by Crippen LogP contribution is 2.28. The topological polar surface area (TPSA) is 75.3 Å². The van der Waals surface area contributed by atoms with Crippen LogP contribution in [0.4, 0.5) is 11.6 Å². The van der Waals surface area contributed by atoms with Crippen molar-refractivity contribution in [1.29, 1.82) is 0 Å². The van der Waals surface area contributed by atoms with Gasteiger partial charge in [0.1, 0.15) is 5.82 Å². The monoisotopic (exact) mass is 368 g/mol. The molecule has 0 aromatic carbocycles. The zero-order valence-electron chi connectivity index (χ0n) is 14.8. The fraction of sp³-hybridized carbons (Fsp3) is 0.471. The molecule has 0 bridgehead atoms. The Morgan fingerprint density at radius 2 is 2.04 bits per heavy atom. The number of aromatic nitrogens is 6. The van der Waals surface area contributed by atoms with E-state index in [9.17, 15) is 0 Å². The molecule has 0 amide bonds. The van der Waals surface area contributed by atoms with E-state index in [1.807, 2.05) is 30.8 Å². The van der Waals surface area contributed by atoms with Crippen molar-refractivity contribution in [2.45, 2.75) is 25.1 Å². The molecule has 0 N–H and O–H groups in total. The number of aryl methyl sites for hydroxylation is 2. The smallest absolute Gasteiger partial charge is 0.178 e. The van der Waals surface area contributed by atoms with Crippen LogP contribution in [0.25, 0.3) is 5.65 Å². The van der Waals surface area contributed by atoms with Gasteiger partial charge in [0.25, 0.3) is 0 Å². The molecule has 2 aliphatic rings. The van der Waals surface area contributed by atoms with E-state index in [2.05, 4.69) is 48.4 Å². The number of anilines is 2. The van der Waals surface area contributed by atoms with Crippen LogP contribution in [-0.4, -0.2) is 61.9 Å². The minimum atomic E-state index is 0.415. The molecular weight excluding hydrogens is 348 g/mol. The van der Waals surface area contributed by atoms with E-state index in [-0.39, 0.29) is 0 Å². The summed E-state index contributed by atoms with van der Waals surface area (Å²) < 4.78 is 1.79. The number of likely N-dealkylation sites (N-methyl/N-ethyl adjacent to an activating group) is 1. The second-order valence-corrected chi connectivity index (χ2v) is 7.96. The summed E-state index contributed by atoms with van der Waals surface area (Å²) in [7, 11) is 2.11. The van der Waals surface area contributed by atoms with Crippen LogP contribution in [0.15, 0.2) is 18.2 Å². The predicted octanol–water partition coefficient (Wildman–Crippen LogP) is 1.34. The predicted molar refractivity (Wildman–Crippen MR) is 102 cm³/mol. The number of hydrogen-bond donors (Lipinski definition) is 0. The quantitative estimate of drug-likeness (QED) is 0.686. The molecule has 5 rings (SSSR count). The third kappa shape index (κ3) is 2.57. The lowest BCUT2D eigenvalue weighted by Gasteiger charge is -2.44. The lowest BCUT2D eigenvalue weighted by Crippen LogP contribution is -2.59. The van der Waals surface area contributed by atoms with Gasteiger partial charge in [-0.2, -0.15) is 21.4 Å². The van der Waals surface area contributed by atoms with Gasteiger partial charge >= 0.3 is 0 Å². The maximum Gasteiger partial charge on any atom is 0.178 e. The Kier molecular flexibility index (Phi) is 3.70. The van der Waals surface area contributed by atoms with E-state index in [1.165, 1.54) is 5.56 Å². The van der Waals surface area contributed by atoms with Crippen molar-refractivity contribution in [3.8, 4) is 0 Å². The van der Waals surface area contributed by atoms with Gasteiger partial charge < -0.3 is 9.80 Å². The molecular formula is C17H20N8S. The minimum absolute atomic E-state index is 0.415. The van der Waals surface area contributed by atoms with Gasteiger partial charge in [0.2, 0.25) is 0 Å². The lowest BCUT2D eigenvalue weighted by molar-refractivity contribution is 0.485. The lowest BCUT2D eigenvalue weighted by atomic mass is 10.1. The number of fused-ring (bicyclic) bond motifs is 2. The molecule has 0 unspecified atom stereocenters. The van der Waals surface area contributed by atoms with Crippen molar-refractivity contribution in [3.05, 3.63) is 35.3 Å². The Balaban J connectivity index is 1.30. The summed E-state index contributed by atoms with van der Waals surface area (Å²) in [6.45, 7) is 3.75. The van der Waals surface area contributed by atoms with Gasteiger partial charge in [-0.1, -0.05) is 0 Å². The highest BCUT2D eigenvalue weighted by Gasteiger charge is 2.32. The van der Waals surface area contributed by atoms with E-state index < -0.39 is 0 Å². The van der Waals surface area contributed by atoms with Crippen molar-refractivity contribution in [2.24, 2.45) is 0 Å². The van der Waals surface area contributed by atoms with Crippen LogP contribution in [0, 0.1) is 6.92 Å². The van der Waals surface area contributed by atoms with Crippen LogP contribution in [-0.2, 0) is 12.2 Å². The molecule has 3 aromatic heterocycles. The molecule has 134 valence electrons. The molecule has 1 fully saturated rings. The third-order valence-corrected chi connectivity index (χ3v) is 6.20. The van der Waals surface area contributed by atoms with Gasteiger partial charge in [0.05, 0.1) is 11.7 Å². The summed E-state index contributed by atoms with van der Waals surface area (Å²) in [5.74, 6) is 4.92. The molecule has 0 atom stereocenters. The summed E-state index contributed by atoms with van der Waals surface area (Å²) >= 11 is 1.97. The zero-order chi connectivity index (χ0) is 17.7. The van der Waals surface area contributed by atoms with Gasteiger partial charge in [-0.25, -0.2) is 0 Å². The van der Waals surface area contributed by atoms with Gasteiger partial charge in [0.15, 0.2) is 17.3 Å². The Labute approximate surface area is 155 Å². The highest BCUT2D eigenvalue weighted by molar-refractivity contribution is 7.98. The van der Waals surface area contributed by atoms with Crippen molar-refractivity contribution in [1.82, 2.24) is 30.0 Å². The fourth-order valence-electron chi connectivity index (χ4n) is 3.43. The fourth-order valence-corrected chi connectivity index (χ4v) is 4.38. The molecule has 5 heterocycles. The zero-order valence-corrected chi connectivity index (χ0v) is 15.6. The molecule has 8 nitrogen and oxygen atoms in total.